The number of aryl methyl sites for hydroxylation is 1. The molecule has 32 heavy (non-hydrogen) atoms. The van der Waals surface area contributed by atoms with Gasteiger partial charge in [0.05, 0.1) is 5.76 Å². The fraction of sp³-hybridized carbons (Fsp3) is 0.519. The van der Waals surface area contributed by atoms with Gasteiger partial charge in [0.1, 0.15) is 23.0 Å². The molecule has 1 saturated carbocycles. The lowest BCUT2D eigenvalue weighted by Gasteiger charge is -2.46. The van der Waals surface area contributed by atoms with Crippen LogP contribution in [0.15, 0.2) is 47.5 Å². The van der Waals surface area contributed by atoms with Crippen molar-refractivity contribution in [2.75, 3.05) is 0 Å². The van der Waals surface area contributed by atoms with Crippen LogP contribution in [0, 0.1) is 29.1 Å². The Kier molecular flexibility index (Phi) is 6.01. The summed E-state index contributed by atoms with van der Waals surface area (Å²) < 4.78 is 0. The van der Waals surface area contributed by atoms with Gasteiger partial charge in [-0.3, -0.25) is 4.79 Å². The van der Waals surface area contributed by atoms with Crippen LogP contribution in [0.5, 0.6) is 11.5 Å². The van der Waals surface area contributed by atoms with Crippen LogP contribution in [0.1, 0.15) is 65.0 Å². The van der Waals surface area contributed by atoms with Crippen LogP contribution in [0.4, 0.5) is 0 Å². The van der Waals surface area contributed by atoms with Crippen LogP contribution >= 0.6 is 0 Å². The summed E-state index contributed by atoms with van der Waals surface area (Å²) in [6, 6.07) is 3.06. The van der Waals surface area contributed by atoms with Crippen molar-refractivity contribution in [2.45, 2.75) is 67.2 Å². The lowest BCUT2D eigenvalue weighted by molar-refractivity contribution is -0.122. The average Bonchev–Trinajstić information content (AvgIpc) is 2.76. The Morgan fingerprint density at radius 1 is 1.12 bits per heavy atom. The highest BCUT2D eigenvalue weighted by atomic mass is 16.3. The van der Waals surface area contributed by atoms with Crippen LogP contribution in [-0.4, -0.2) is 26.2 Å². The standard InChI is InChI=1S/C27H36O5/c1-16(7-8-18-11-19(28)10-17(2)24(18)32)9-20(29)13-26(5)15-22-23(31)12-21(30)14-27(26,6)25(22,3)4/h7,10-12,14,22,28,30-32H,8-9,13,15H2,1-6H3/b16-7+/t22?,26-,27?/m1/s1. The highest BCUT2D eigenvalue weighted by Crippen LogP contribution is 2.69. The highest BCUT2D eigenvalue weighted by Gasteiger charge is 2.64. The van der Waals surface area contributed by atoms with Crippen molar-refractivity contribution in [3.63, 3.8) is 0 Å². The summed E-state index contributed by atoms with van der Waals surface area (Å²) in [5.74, 6) is 0.488. The smallest absolute Gasteiger partial charge is 0.137 e. The van der Waals surface area contributed by atoms with E-state index in [4.69, 9.17) is 0 Å². The molecule has 1 fully saturated rings. The van der Waals surface area contributed by atoms with Crippen molar-refractivity contribution in [2.24, 2.45) is 22.2 Å². The average molecular weight is 441 g/mol. The molecule has 2 unspecified atom stereocenters. The number of carbonyl (C=O) groups excluding carboxylic acids is 1. The second kappa shape index (κ2) is 8.02. The Morgan fingerprint density at radius 2 is 1.78 bits per heavy atom. The Bertz CT molecular complexity index is 1030. The van der Waals surface area contributed by atoms with Gasteiger partial charge in [0.15, 0.2) is 0 Å². The van der Waals surface area contributed by atoms with Crippen molar-refractivity contribution in [1.29, 1.82) is 0 Å². The van der Waals surface area contributed by atoms with Crippen molar-refractivity contribution < 1.29 is 25.2 Å². The zero-order valence-electron chi connectivity index (χ0n) is 20.0. The molecule has 3 atom stereocenters. The van der Waals surface area contributed by atoms with Gasteiger partial charge in [-0.1, -0.05) is 39.3 Å². The Hall–Kier alpha value is -2.69. The largest absolute Gasteiger partial charge is 0.512 e. The molecular weight excluding hydrogens is 404 g/mol. The minimum absolute atomic E-state index is 0.0521. The molecule has 0 amide bonds. The number of phenols is 2. The number of carbonyl (C=O) groups is 1. The molecule has 0 aliphatic heterocycles. The molecule has 1 aromatic carbocycles. The molecule has 5 nitrogen and oxygen atoms in total. The fourth-order valence-corrected chi connectivity index (χ4v) is 5.89. The quantitative estimate of drug-likeness (QED) is 0.312. The first-order valence-corrected chi connectivity index (χ1v) is 11.2. The molecule has 1 aromatic rings. The SMILES string of the molecule is C/C(=C\Cc1cc(O)cc(C)c1O)CC(=O)C[C@]1(C)CC2C(O)=CC(O)=CC1(C)C2(C)C. The van der Waals surface area contributed by atoms with E-state index in [1.165, 1.54) is 12.1 Å². The van der Waals surface area contributed by atoms with E-state index < -0.39 is 10.8 Å². The van der Waals surface area contributed by atoms with E-state index in [1.807, 2.05) is 19.1 Å². The number of benzene rings is 1. The monoisotopic (exact) mass is 440 g/mol. The molecule has 0 saturated heterocycles. The first-order chi connectivity index (χ1) is 14.7. The predicted octanol–water partition coefficient (Wildman–Crippen LogP) is 6.20. The predicted molar refractivity (Wildman–Crippen MR) is 126 cm³/mol. The summed E-state index contributed by atoms with van der Waals surface area (Å²) in [6.45, 7) is 12.0. The lowest BCUT2D eigenvalue weighted by atomic mass is 9.56. The Balaban J connectivity index is 1.76. The third-order valence-electron chi connectivity index (χ3n) is 8.31. The summed E-state index contributed by atoms with van der Waals surface area (Å²) in [4.78, 5) is 13.1. The Labute approximate surface area is 190 Å². The van der Waals surface area contributed by atoms with Crippen molar-refractivity contribution in [3.8, 4) is 11.5 Å². The first kappa shape index (κ1) is 24.0. The summed E-state index contributed by atoms with van der Waals surface area (Å²) in [6.07, 6.45) is 6.92. The molecule has 0 heterocycles. The van der Waals surface area contributed by atoms with Crippen LogP contribution in [0.2, 0.25) is 0 Å². The molecule has 0 aromatic heterocycles. The Morgan fingerprint density at radius 3 is 2.44 bits per heavy atom. The number of Topliss-reactive ketones (excluding diaryl/α,β-unsaturated/α-hetero) is 1. The number of aromatic hydroxyl groups is 2. The van der Waals surface area contributed by atoms with Crippen LogP contribution < -0.4 is 0 Å². The summed E-state index contributed by atoms with van der Waals surface area (Å²) >= 11 is 0. The van der Waals surface area contributed by atoms with Gasteiger partial charge in [-0.15, -0.1) is 0 Å². The summed E-state index contributed by atoms with van der Waals surface area (Å²) in [5.41, 5.74) is 0.955. The maximum Gasteiger partial charge on any atom is 0.137 e. The van der Waals surface area contributed by atoms with Crippen molar-refractivity contribution in [1.82, 2.24) is 0 Å². The van der Waals surface area contributed by atoms with Crippen LogP contribution in [-0.2, 0) is 11.2 Å². The molecule has 3 rings (SSSR count). The number of hydrogen-bond donors (Lipinski definition) is 4. The molecular formula is C27H36O5. The van der Waals surface area contributed by atoms with E-state index in [0.29, 0.717) is 36.8 Å². The topological polar surface area (TPSA) is 98.0 Å². The van der Waals surface area contributed by atoms with E-state index >= 15 is 0 Å². The molecule has 2 aliphatic carbocycles. The second-order valence-electron chi connectivity index (χ2n) is 10.8. The first-order valence-electron chi connectivity index (χ1n) is 11.2. The van der Waals surface area contributed by atoms with Gasteiger partial charge >= 0.3 is 0 Å². The number of aliphatic hydroxyl groups excluding tert-OH is 2. The number of phenolic OH excluding ortho intramolecular Hbond substituents is 2. The fourth-order valence-electron chi connectivity index (χ4n) is 5.89. The molecule has 0 radical (unpaired) electrons. The third kappa shape index (κ3) is 3.94. The van der Waals surface area contributed by atoms with Gasteiger partial charge in [0.2, 0.25) is 0 Å². The maximum atomic E-state index is 13.1. The van der Waals surface area contributed by atoms with Crippen molar-refractivity contribution >= 4 is 5.78 Å². The third-order valence-corrected chi connectivity index (χ3v) is 8.31. The van der Waals surface area contributed by atoms with Gasteiger partial charge in [-0.25, -0.2) is 0 Å². The zero-order chi connectivity index (χ0) is 24.1. The minimum atomic E-state index is -0.464. The van der Waals surface area contributed by atoms with Crippen LogP contribution in [0.3, 0.4) is 0 Å². The van der Waals surface area contributed by atoms with Gasteiger partial charge in [-0.2, -0.15) is 0 Å². The molecule has 5 heteroatoms. The number of aliphatic hydroxyl groups is 2. The molecule has 2 aliphatic rings. The lowest BCUT2D eigenvalue weighted by Crippen LogP contribution is -2.42. The molecule has 2 bridgehead atoms. The van der Waals surface area contributed by atoms with Gasteiger partial charge < -0.3 is 20.4 Å². The van der Waals surface area contributed by atoms with Gasteiger partial charge in [-0.05, 0) is 61.3 Å². The zero-order valence-corrected chi connectivity index (χ0v) is 20.0. The highest BCUT2D eigenvalue weighted by molar-refractivity contribution is 5.81. The normalized spacial score (nSPS) is 29.3. The van der Waals surface area contributed by atoms with Gasteiger partial charge in [0.25, 0.3) is 0 Å². The van der Waals surface area contributed by atoms with Gasteiger partial charge in [0, 0.05) is 35.8 Å². The van der Waals surface area contributed by atoms with Crippen molar-refractivity contribution in [3.05, 3.63) is 58.6 Å². The van der Waals surface area contributed by atoms with E-state index in [-0.39, 0.29) is 40.1 Å². The second-order valence-corrected chi connectivity index (χ2v) is 10.8. The minimum Gasteiger partial charge on any atom is -0.512 e. The van der Waals surface area contributed by atoms with E-state index in [9.17, 15) is 25.2 Å². The number of rotatable bonds is 6. The maximum absolute atomic E-state index is 13.1. The van der Waals surface area contributed by atoms with E-state index in [1.54, 1.807) is 13.0 Å². The molecule has 174 valence electrons. The number of fused-ring (bicyclic) bond motifs is 2. The van der Waals surface area contributed by atoms with Crippen LogP contribution in [0.25, 0.3) is 0 Å². The summed E-state index contributed by atoms with van der Waals surface area (Å²) in [7, 11) is 0. The van der Waals surface area contributed by atoms with E-state index in [0.717, 1.165) is 5.57 Å². The molecule has 4 N–H and O–H groups in total. The van der Waals surface area contributed by atoms with E-state index in [2.05, 4.69) is 27.7 Å². The molecule has 0 spiro atoms. The number of ketones is 1. The summed E-state index contributed by atoms with van der Waals surface area (Å²) in [5, 5.41) is 40.9. The number of allylic oxidation sites excluding steroid dienone is 5. The number of hydrogen-bond acceptors (Lipinski definition) is 5.